The number of aryl methyl sites for hydroxylation is 1. The Morgan fingerprint density at radius 2 is 2.00 bits per heavy atom. The Hall–Kier alpha value is -1.93. The lowest BCUT2D eigenvalue weighted by atomic mass is 10.1. The van der Waals surface area contributed by atoms with Crippen LogP contribution >= 0.6 is 0 Å². The lowest BCUT2D eigenvalue weighted by molar-refractivity contribution is -0.116. The van der Waals surface area contributed by atoms with Crippen molar-refractivity contribution in [1.29, 1.82) is 0 Å². The van der Waals surface area contributed by atoms with Crippen LogP contribution in [0.25, 0.3) is 11.0 Å². The Balaban J connectivity index is 1.87. The maximum Gasteiger partial charge on any atom is 0.336 e. The molecule has 3 rings (SSSR count). The van der Waals surface area contributed by atoms with Crippen LogP contribution in [0, 0.1) is 6.92 Å². The van der Waals surface area contributed by atoms with E-state index in [-0.39, 0.29) is 0 Å². The van der Waals surface area contributed by atoms with Crippen LogP contribution in [0.2, 0.25) is 0 Å². The Bertz CT molecular complexity index is 738. The van der Waals surface area contributed by atoms with Gasteiger partial charge in [-0.25, -0.2) is 4.79 Å². The Kier molecular flexibility index (Phi) is 3.88. The van der Waals surface area contributed by atoms with Gasteiger partial charge in [0.1, 0.15) is 29.6 Å². The highest BCUT2D eigenvalue weighted by atomic mass is 16.7. The minimum atomic E-state index is -1.28. The molecule has 1 saturated heterocycles. The van der Waals surface area contributed by atoms with Crippen molar-refractivity contribution in [2.75, 3.05) is 6.61 Å². The monoisotopic (exact) mass is 308 g/mol. The van der Waals surface area contributed by atoms with Crippen molar-refractivity contribution >= 4 is 11.0 Å². The summed E-state index contributed by atoms with van der Waals surface area (Å²) in [4.78, 5) is 11.4. The molecule has 1 fully saturated rings. The van der Waals surface area contributed by atoms with Gasteiger partial charge in [-0.2, -0.15) is 0 Å². The summed E-state index contributed by atoms with van der Waals surface area (Å²) in [5.41, 5.74) is 0.676. The van der Waals surface area contributed by atoms with E-state index in [1.807, 2.05) is 0 Å². The van der Waals surface area contributed by atoms with Crippen LogP contribution in [0.3, 0.4) is 0 Å². The van der Waals surface area contributed by atoms with Gasteiger partial charge in [0.25, 0.3) is 0 Å². The zero-order valence-electron chi connectivity index (χ0n) is 11.8. The molecule has 1 unspecified atom stereocenters. The van der Waals surface area contributed by atoms with Crippen LogP contribution in [0.1, 0.15) is 5.56 Å². The molecule has 0 radical (unpaired) electrons. The fraction of sp³-hybridized carbons (Fsp3) is 0.400. The molecule has 7 heteroatoms. The van der Waals surface area contributed by atoms with Crippen LogP contribution in [0.4, 0.5) is 0 Å². The third-order valence-corrected chi connectivity index (χ3v) is 3.67. The van der Waals surface area contributed by atoms with Crippen molar-refractivity contribution in [3.8, 4) is 5.75 Å². The van der Waals surface area contributed by atoms with Crippen LogP contribution in [-0.4, -0.2) is 46.5 Å². The van der Waals surface area contributed by atoms with E-state index in [1.165, 1.54) is 12.1 Å². The van der Waals surface area contributed by atoms with Gasteiger partial charge in [0.15, 0.2) is 0 Å². The summed E-state index contributed by atoms with van der Waals surface area (Å²) < 4.78 is 15.8. The van der Waals surface area contributed by atoms with E-state index in [9.17, 15) is 15.0 Å². The molecule has 1 aromatic carbocycles. The molecule has 0 saturated carbocycles. The summed E-state index contributed by atoms with van der Waals surface area (Å²) in [6, 6.07) is 6.28. The first-order chi connectivity index (χ1) is 10.5. The summed E-state index contributed by atoms with van der Waals surface area (Å²) >= 11 is 0. The standard InChI is InChI=1S/C15H16O7/c1-7-4-12(17)21-10-5-8(2-3-9(7)10)20-15-14(19)13(18)11(6-16)22-15/h2-5,11,13-16,18-19H,6H2,1H3/t11-,13?,14-,15+/m1/s1. The molecule has 1 aliphatic heterocycles. The van der Waals surface area contributed by atoms with Gasteiger partial charge in [-0.3, -0.25) is 0 Å². The largest absolute Gasteiger partial charge is 0.462 e. The smallest absolute Gasteiger partial charge is 0.336 e. The normalized spacial score (nSPS) is 28.2. The Morgan fingerprint density at radius 1 is 1.23 bits per heavy atom. The SMILES string of the molecule is Cc1cc(=O)oc2cc(O[C@H]3O[C@H](CO)C(O)[C@H]3O)ccc12. The first-order valence-corrected chi connectivity index (χ1v) is 6.83. The summed E-state index contributed by atoms with van der Waals surface area (Å²) in [6.07, 6.45) is -4.52. The second kappa shape index (κ2) is 5.69. The van der Waals surface area contributed by atoms with E-state index in [4.69, 9.17) is 19.0 Å². The number of rotatable bonds is 3. The number of hydrogen-bond acceptors (Lipinski definition) is 7. The third-order valence-electron chi connectivity index (χ3n) is 3.67. The molecular formula is C15H16O7. The average Bonchev–Trinajstić information content (AvgIpc) is 2.74. The molecule has 0 spiro atoms. The number of aliphatic hydroxyl groups excluding tert-OH is 3. The predicted octanol–water partition coefficient (Wildman–Crippen LogP) is -0.0808. The zero-order valence-corrected chi connectivity index (χ0v) is 11.8. The molecule has 1 aromatic heterocycles. The van der Waals surface area contributed by atoms with Crippen LogP contribution in [-0.2, 0) is 4.74 Å². The second-order valence-corrected chi connectivity index (χ2v) is 5.23. The molecule has 0 aliphatic carbocycles. The first kappa shape index (κ1) is 15.0. The fourth-order valence-electron chi connectivity index (χ4n) is 2.48. The molecule has 1 aliphatic rings. The minimum Gasteiger partial charge on any atom is -0.462 e. The molecule has 2 heterocycles. The molecule has 7 nitrogen and oxygen atoms in total. The molecule has 0 bridgehead atoms. The van der Waals surface area contributed by atoms with Crippen molar-refractivity contribution in [3.05, 3.63) is 40.2 Å². The Morgan fingerprint density at radius 3 is 2.68 bits per heavy atom. The Labute approximate surface area is 125 Å². The highest BCUT2D eigenvalue weighted by Crippen LogP contribution is 2.27. The minimum absolute atomic E-state index is 0.316. The molecule has 3 N–H and O–H groups in total. The first-order valence-electron chi connectivity index (χ1n) is 6.83. The fourth-order valence-corrected chi connectivity index (χ4v) is 2.48. The van der Waals surface area contributed by atoms with Crippen molar-refractivity contribution in [3.63, 3.8) is 0 Å². The molecule has 0 amide bonds. The number of fused-ring (bicyclic) bond motifs is 1. The predicted molar refractivity (Wildman–Crippen MR) is 75.6 cm³/mol. The average molecular weight is 308 g/mol. The highest BCUT2D eigenvalue weighted by Gasteiger charge is 2.43. The summed E-state index contributed by atoms with van der Waals surface area (Å²) in [6.45, 7) is 1.37. The van der Waals surface area contributed by atoms with Gasteiger partial charge in [0, 0.05) is 17.5 Å². The lowest BCUT2D eigenvalue weighted by Crippen LogP contribution is -2.35. The number of aliphatic hydroxyl groups is 3. The molecular weight excluding hydrogens is 292 g/mol. The van der Waals surface area contributed by atoms with Crippen LogP contribution < -0.4 is 10.4 Å². The summed E-state index contributed by atoms with van der Waals surface area (Å²) in [7, 11) is 0. The van der Waals surface area contributed by atoms with Crippen molar-refractivity contribution in [2.24, 2.45) is 0 Å². The quantitative estimate of drug-likeness (QED) is 0.680. The van der Waals surface area contributed by atoms with E-state index in [0.29, 0.717) is 11.3 Å². The van der Waals surface area contributed by atoms with Gasteiger partial charge >= 0.3 is 5.63 Å². The van der Waals surface area contributed by atoms with E-state index in [2.05, 4.69) is 0 Å². The lowest BCUT2D eigenvalue weighted by Gasteiger charge is -2.17. The number of benzene rings is 1. The van der Waals surface area contributed by atoms with Gasteiger partial charge in [-0.15, -0.1) is 0 Å². The maximum atomic E-state index is 11.4. The van der Waals surface area contributed by atoms with E-state index in [0.717, 1.165) is 10.9 Å². The molecule has 2 aromatic rings. The van der Waals surface area contributed by atoms with Crippen molar-refractivity contribution < 1.29 is 29.2 Å². The van der Waals surface area contributed by atoms with Gasteiger partial charge in [0.05, 0.1) is 6.61 Å². The van der Waals surface area contributed by atoms with Gasteiger partial charge < -0.3 is 29.2 Å². The van der Waals surface area contributed by atoms with E-state index >= 15 is 0 Å². The number of ether oxygens (including phenoxy) is 2. The zero-order chi connectivity index (χ0) is 15.9. The van der Waals surface area contributed by atoms with Crippen LogP contribution in [0.5, 0.6) is 5.75 Å². The molecule has 118 valence electrons. The van der Waals surface area contributed by atoms with E-state index in [1.54, 1.807) is 19.1 Å². The van der Waals surface area contributed by atoms with Crippen LogP contribution in [0.15, 0.2) is 33.5 Å². The van der Waals surface area contributed by atoms with Crippen molar-refractivity contribution in [1.82, 2.24) is 0 Å². The molecule has 22 heavy (non-hydrogen) atoms. The highest BCUT2D eigenvalue weighted by molar-refractivity contribution is 5.81. The topological polar surface area (TPSA) is 109 Å². The van der Waals surface area contributed by atoms with Gasteiger partial charge in [-0.1, -0.05) is 0 Å². The van der Waals surface area contributed by atoms with Crippen molar-refractivity contribution in [2.45, 2.75) is 31.5 Å². The number of hydrogen-bond donors (Lipinski definition) is 3. The van der Waals surface area contributed by atoms with Gasteiger partial charge in [0.2, 0.25) is 6.29 Å². The van der Waals surface area contributed by atoms with Gasteiger partial charge in [-0.05, 0) is 24.6 Å². The maximum absolute atomic E-state index is 11.4. The van der Waals surface area contributed by atoms with E-state index < -0.39 is 36.8 Å². The third kappa shape index (κ3) is 2.59. The summed E-state index contributed by atoms with van der Waals surface area (Å²) in [5.74, 6) is 0.316. The molecule has 4 atom stereocenters. The second-order valence-electron chi connectivity index (χ2n) is 5.23. The summed E-state index contributed by atoms with van der Waals surface area (Å²) in [5, 5.41) is 29.3.